The van der Waals surface area contributed by atoms with Gasteiger partial charge in [-0.25, -0.2) is 0 Å². The Kier molecular flexibility index (Phi) is 6.74. The molecule has 4 rings (SSSR count). The number of benzene rings is 1. The quantitative estimate of drug-likeness (QED) is 0.301. The standard InChI is InChI=1S/C20H33N11O/c1-32-17-4-2-16(3-5-17)28-29-18-25-19(30-8-12(21)6-13(22)9-30)27-20(26-18)31-10-14(23)7-15(24)11-31/h2-5,12-15,28H,6-11,21-24H2,1H3,(H,25,26,27,29)/t12-,13-,14-,15-/m0/s1. The molecule has 3 heterocycles. The van der Waals surface area contributed by atoms with Gasteiger partial charge in [0.1, 0.15) is 5.75 Å². The van der Waals surface area contributed by atoms with Gasteiger partial charge in [0.2, 0.25) is 17.8 Å². The van der Waals surface area contributed by atoms with Gasteiger partial charge in [-0.15, -0.1) is 0 Å². The van der Waals surface area contributed by atoms with Crippen molar-refractivity contribution >= 4 is 23.5 Å². The van der Waals surface area contributed by atoms with Crippen LogP contribution in [0.1, 0.15) is 12.8 Å². The zero-order chi connectivity index (χ0) is 22.7. The number of hydrazine groups is 1. The second-order valence-corrected chi connectivity index (χ2v) is 8.56. The molecule has 2 aliphatic rings. The lowest BCUT2D eigenvalue weighted by molar-refractivity contribution is 0.415. The predicted octanol–water partition coefficient (Wildman–Crippen LogP) is -0.951. The number of ether oxygens (including phenoxy) is 1. The van der Waals surface area contributed by atoms with Crippen LogP contribution in [0.4, 0.5) is 23.5 Å². The van der Waals surface area contributed by atoms with Gasteiger partial charge in [-0.2, -0.15) is 15.0 Å². The second-order valence-electron chi connectivity index (χ2n) is 8.56. The van der Waals surface area contributed by atoms with E-state index in [1.165, 1.54) is 0 Å². The number of methoxy groups -OCH3 is 1. The SMILES string of the molecule is COc1ccc(NNc2nc(N3C[C@@H](N)C[C@H](N)C3)nc(N3C[C@@H](N)C[C@H](N)C3)n2)cc1. The van der Waals surface area contributed by atoms with Crippen molar-refractivity contribution in [3.05, 3.63) is 24.3 Å². The van der Waals surface area contributed by atoms with Crippen molar-refractivity contribution in [2.45, 2.75) is 37.0 Å². The Bertz CT molecular complexity index is 831. The third-order valence-corrected chi connectivity index (χ3v) is 5.62. The van der Waals surface area contributed by atoms with E-state index in [0.29, 0.717) is 44.0 Å². The fourth-order valence-electron chi connectivity index (χ4n) is 4.18. The van der Waals surface area contributed by atoms with Crippen LogP contribution in [0.15, 0.2) is 24.3 Å². The summed E-state index contributed by atoms with van der Waals surface area (Å²) in [5, 5.41) is 0. The minimum absolute atomic E-state index is 0.0374. The van der Waals surface area contributed by atoms with Crippen molar-refractivity contribution in [2.75, 3.05) is 53.9 Å². The highest BCUT2D eigenvalue weighted by Crippen LogP contribution is 2.22. The highest BCUT2D eigenvalue weighted by molar-refractivity contribution is 5.52. The number of piperidine rings is 2. The number of aromatic nitrogens is 3. The molecule has 174 valence electrons. The number of nitrogens with one attached hydrogen (secondary N) is 2. The molecule has 4 atom stereocenters. The summed E-state index contributed by atoms with van der Waals surface area (Å²) in [5.41, 5.74) is 31.8. The van der Waals surface area contributed by atoms with Gasteiger partial charge in [0.25, 0.3) is 0 Å². The Morgan fingerprint density at radius 3 is 1.66 bits per heavy atom. The smallest absolute Gasteiger partial charge is 0.248 e. The highest BCUT2D eigenvalue weighted by Gasteiger charge is 2.28. The lowest BCUT2D eigenvalue weighted by Crippen LogP contribution is -2.54. The van der Waals surface area contributed by atoms with Crippen molar-refractivity contribution in [3.8, 4) is 5.75 Å². The first-order chi connectivity index (χ1) is 15.4. The maximum absolute atomic E-state index is 6.19. The molecule has 2 aromatic rings. The van der Waals surface area contributed by atoms with E-state index in [-0.39, 0.29) is 24.2 Å². The maximum Gasteiger partial charge on any atom is 0.248 e. The molecule has 10 N–H and O–H groups in total. The molecule has 0 spiro atoms. The average molecular weight is 444 g/mol. The van der Waals surface area contributed by atoms with Gasteiger partial charge < -0.3 is 37.5 Å². The average Bonchev–Trinajstić information content (AvgIpc) is 2.76. The van der Waals surface area contributed by atoms with E-state index < -0.39 is 0 Å². The van der Waals surface area contributed by atoms with Gasteiger partial charge in [-0.1, -0.05) is 0 Å². The van der Waals surface area contributed by atoms with Crippen LogP contribution in [0.2, 0.25) is 0 Å². The van der Waals surface area contributed by atoms with E-state index in [1.54, 1.807) is 7.11 Å². The fourth-order valence-corrected chi connectivity index (χ4v) is 4.18. The summed E-state index contributed by atoms with van der Waals surface area (Å²) in [6, 6.07) is 7.35. The molecule has 32 heavy (non-hydrogen) atoms. The van der Waals surface area contributed by atoms with Gasteiger partial charge in [-0.05, 0) is 37.1 Å². The molecule has 2 aliphatic heterocycles. The van der Waals surface area contributed by atoms with E-state index in [0.717, 1.165) is 24.3 Å². The molecule has 0 saturated carbocycles. The highest BCUT2D eigenvalue weighted by atomic mass is 16.5. The van der Waals surface area contributed by atoms with Crippen LogP contribution >= 0.6 is 0 Å². The third-order valence-electron chi connectivity index (χ3n) is 5.62. The Hall–Kier alpha value is -2.93. The summed E-state index contributed by atoms with van der Waals surface area (Å²) >= 11 is 0. The fraction of sp³-hybridized carbons (Fsp3) is 0.550. The molecule has 0 amide bonds. The normalized spacial score (nSPS) is 26.0. The molecule has 0 unspecified atom stereocenters. The second kappa shape index (κ2) is 9.69. The van der Waals surface area contributed by atoms with E-state index in [2.05, 4.69) is 20.8 Å². The first kappa shape index (κ1) is 22.3. The summed E-state index contributed by atoms with van der Waals surface area (Å²) in [6.07, 6.45) is 1.54. The van der Waals surface area contributed by atoms with Gasteiger partial charge in [-0.3, -0.25) is 10.9 Å². The van der Waals surface area contributed by atoms with E-state index in [4.69, 9.17) is 32.7 Å². The molecule has 12 heteroatoms. The molecule has 0 aliphatic carbocycles. The van der Waals surface area contributed by atoms with Crippen molar-refractivity contribution in [1.82, 2.24) is 15.0 Å². The number of anilines is 4. The lowest BCUT2D eigenvalue weighted by atomic mass is 10.0. The van der Waals surface area contributed by atoms with Gasteiger partial charge in [0, 0.05) is 50.3 Å². The Morgan fingerprint density at radius 2 is 1.22 bits per heavy atom. The summed E-state index contributed by atoms with van der Waals surface area (Å²) in [7, 11) is 1.63. The molecule has 2 fully saturated rings. The molecule has 12 nitrogen and oxygen atoms in total. The van der Waals surface area contributed by atoms with Gasteiger partial charge in [0.15, 0.2) is 0 Å². The molecular weight excluding hydrogens is 410 g/mol. The topological polar surface area (TPSA) is 183 Å². The van der Waals surface area contributed by atoms with Gasteiger partial charge >= 0.3 is 0 Å². The number of nitrogens with zero attached hydrogens (tertiary/aromatic N) is 5. The Balaban J connectivity index is 1.58. The number of hydrogen-bond acceptors (Lipinski definition) is 12. The Morgan fingerprint density at radius 1 is 0.750 bits per heavy atom. The third kappa shape index (κ3) is 5.46. The minimum Gasteiger partial charge on any atom is -0.497 e. The largest absolute Gasteiger partial charge is 0.497 e. The summed E-state index contributed by atoms with van der Waals surface area (Å²) in [4.78, 5) is 18.0. The summed E-state index contributed by atoms with van der Waals surface area (Å²) in [5.74, 6) is 2.19. The zero-order valence-corrected chi connectivity index (χ0v) is 18.3. The number of rotatable bonds is 6. The van der Waals surface area contributed by atoms with Crippen molar-refractivity contribution in [1.29, 1.82) is 0 Å². The van der Waals surface area contributed by atoms with Crippen LogP contribution in [0.3, 0.4) is 0 Å². The van der Waals surface area contributed by atoms with Crippen LogP contribution in [0.5, 0.6) is 5.75 Å². The van der Waals surface area contributed by atoms with Gasteiger partial charge in [0.05, 0.1) is 12.8 Å². The summed E-state index contributed by atoms with van der Waals surface area (Å²) in [6.45, 7) is 2.51. The van der Waals surface area contributed by atoms with Crippen LogP contribution < -0.4 is 48.3 Å². The van der Waals surface area contributed by atoms with E-state index in [1.807, 2.05) is 34.1 Å². The number of nitrogens with two attached hydrogens (primary N) is 4. The molecule has 0 radical (unpaired) electrons. The maximum atomic E-state index is 6.19. The summed E-state index contributed by atoms with van der Waals surface area (Å²) < 4.78 is 5.20. The molecule has 0 bridgehead atoms. The first-order valence-corrected chi connectivity index (χ1v) is 10.8. The molecule has 2 saturated heterocycles. The minimum atomic E-state index is -0.0374. The number of hydrogen-bond donors (Lipinski definition) is 6. The monoisotopic (exact) mass is 443 g/mol. The van der Waals surface area contributed by atoms with Crippen LogP contribution in [-0.4, -0.2) is 72.4 Å². The van der Waals surface area contributed by atoms with Crippen molar-refractivity contribution < 1.29 is 4.74 Å². The van der Waals surface area contributed by atoms with Crippen LogP contribution in [-0.2, 0) is 0 Å². The first-order valence-electron chi connectivity index (χ1n) is 10.8. The molecular formula is C20H33N11O. The Labute approximate surface area is 187 Å². The zero-order valence-electron chi connectivity index (χ0n) is 18.3. The molecule has 1 aromatic heterocycles. The van der Waals surface area contributed by atoms with Crippen LogP contribution in [0, 0.1) is 0 Å². The lowest BCUT2D eigenvalue weighted by Gasteiger charge is -2.37. The molecule has 1 aromatic carbocycles. The van der Waals surface area contributed by atoms with Crippen LogP contribution in [0.25, 0.3) is 0 Å². The van der Waals surface area contributed by atoms with E-state index in [9.17, 15) is 0 Å². The van der Waals surface area contributed by atoms with E-state index >= 15 is 0 Å². The van der Waals surface area contributed by atoms with Crippen molar-refractivity contribution in [2.24, 2.45) is 22.9 Å². The van der Waals surface area contributed by atoms with Crippen molar-refractivity contribution in [3.63, 3.8) is 0 Å². The predicted molar refractivity (Wildman–Crippen MR) is 126 cm³/mol.